The van der Waals surface area contributed by atoms with Gasteiger partial charge in [-0.1, -0.05) is 6.07 Å². The summed E-state index contributed by atoms with van der Waals surface area (Å²) in [4.78, 5) is 11.1. The number of nitrogens with two attached hydrogens (primary N) is 1. The molecule has 0 aliphatic carbocycles. The molecule has 3 N–H and O–H groups in total. The molecular formula is C10H11NO3. The van der Waals surface area contributed by atoms with Gasteiger partial charge in [-0.15, -0.1) is 0 Å². The van der Waals surface area contributed by atoms with Crippen LogP contribution in [-0.4, -0.2) is 17.7 Å². The first kappa shape index (κ1) is 9.18. The molecule has 14 heavy (non-hydrogen) atoms. The minimum atomic E-state index is -0.393. The van der Waals surface area contributed by atoms with Crippen molar-refractivity contribution >= 4 is 5.97 Å². The number of aliphatic hydroxyl groups is 1. The van der Waals surface area contributed by atoms with Gasteiger partial charge in [0.15, 0.2) is 0 Å². The summed E-state index contributed by atoms with van der Waals surface area (Å²) in [5.74, 6) is -0.288. The van der Waals surface area contributed by atoms with Gasteiger partial charge in [0, 0.05) is 5.56 Å². The maximum atomic E-state index is 11.1. The van der Waals surface area contributed by atoms with E-state index in [1.54, 1.807) is 18.2 Å². The number of ether oxygens (including phenoxy) is 1. The predicted molar refractivity (Wildman–Crippen MR) is 49.6 cm³/mol. The van der Waals surface area contributed by atoms with Crippen LogP contribution in [0.2, 0.25) is 0 Å². The van der Waals surface area contributed by atoms with Crippen LogP contribution in [0.15, 0.2) is 18.2 Å². The van der Waals surface area contributed by atoms with E-state index >= 15 is 0 Å². The van der Waals surface area contributed by atoms with Crippen LogP contribution in [0.3, 0.4) is 0 Å². The third-order valence-corrected chi connectivity index (χ3v) is 2.33. The minimum Gasteiger partial charge on any atom is -0.457 e. The van der Waals surface area contributed by atoms with Crippen LogP contribution in [0.25, 0.3) is 0 Å². The molecule has 1 aromatic carbocycles. The normalized spacial score (nSPS) is 16.3. The topological polar surface area (TPSA) is 72.6 Å². The molecule has 1 aromatic rings. The zero-order valence-corrected chi connectivity index (χ0v) is 7.56. The summed E-state index contributed by atoms with van der Waals surface area (Å²) in [6.45, 7) is 0.202. The molecule has 4 heteroatoms. The quantitative estimate of drug-likeness (QED) is 0.665. The summed E-state index contributed by atoms with van der Waals surface area (Å²) in [5, 5.41) is 8.87. The molecule has 0 radical (unpaired) electrons. The number of esters is 1. The molecule has 1 aliphatic heterocycles. The van der Waals surface area contributed by atoms with Gasteiger partial charge in [-0.25, -0.2) is 4.79 Å². The Morgan fingerprint density at radius 1 is 1.57 bits per heavy atom. The second kappa shape index (κ2) is 3.40. The fourth-order valence-electron chi connectivity index (χ4n) is 1.49. The summed E-state index contributed by atoms with van der Waals surface area (Å²) >= 11 is 0. The Balaban J connectivity index is 2.37. The summed E-state index contributed by atoms with van der Waals surface area (Å²) in [5.41, 5.74) is 7.91. The van der Waals surface area contributed by atoms with Crippen LogP contribution in [-0.2, 0) is 11.3 Å². The summed E-state index contributed by atoms with van der Waals surface area (Å²) in [6, 6.07) is 4.85. The van der Waals surface area contributed by atoms with Gasteiger partial charge in [0.25, 0.3) is 0 Å². The van der Waals surface area contributed by atoms with Crippen molar-refractivity contribution in [1.82, 2.24) is 0 Å². The minimum absolute atomic E-state index is 0.104. The average Bonchev–Trinajstić information content (AvgIpc) is 2.59. The Morgan fingerprint density at radius 2 is 2.36 bits per heavy atom. The molecule has 0 fully saturated rings. The van der Waals surface area contributed by atoms with Crippen LogP contribution in [0.4, 0.5) is 0 Å². The van der Waals surface area contributed by atoms with Crippen molar-refractivity contribution in [2.75, 3.05) is 6.61 Å². The first-order valence-electron chi connectivity index (χ1n) is 4.38. The highest BCUT2D eigenvalue weighted by Crippen LogP contribution is 2.23. The van der Waals surface area contributed by atoms with Crippen LogP contribution < -0.4 is 5.73 Å². The predicted octanol–water partition coefficient (Wildman–Crippen LogP) is 0.349. The fraction of sp³-hybridized carbons (Fsp3) is 0.300. The largest absolute Gasteiger partial charge is 0.457 e. The molecule has 1 unspecified atom stereocenters. The SMILES string of the molecule is NC(CO)c1ccc2c(c1)COC2=O. The molecule has 0 aromatic heterocycles. The molecule has 1 heterocycles. The van der Waals surface area contributed by atoms with Gasteiger partial charge in [-0.2, -0.15) is 0 Å². The zero-order valence-electron chi connectivity index (χ0n) is 7.56. The van der Waals surface area contributed by atoms with Gasteiger partial charge in [0.2, 0.25) is 0 Å². The van der Waals surface area contributed by atoms with Crippen LogP contribution in [0, 0.1) is 0 Å². The van der Waals surface area contributed by atoms with Gasteiger partial charge in [-0.05, 0) is 17.7 Å². The third-order valence-electron chi connectivity index (χ3n) is 2.33. The Bertz CT molecular complexity index is 376. The van der Waals surface area contributed by atoms with Crippen LogP contribution in [0.1, 0.15) is 27.5 Å². The van der Waals surface area contributed by atoms with E-state index in [-0.39, 0.29) is 12.6 Å². The Morgan fingerprint density at radius 3 is 3.07 bits per heavy atom. The number of hydrogen-bond acceptors (Lipinski definition) is 4. The monoisotopic (exact) mass is 193 g/mol. The number of carbonyl (C=O) groups is 1. The van der Waals surface area contributed by atoms with Gasteiger partial charge in [0.05, 0.1) is 18.2 Å². The lowest BCUT2D eigenvalue weighted by atomic mass is 10.0. The number of carbonyl (C=O) groups excluding carboxylic acids is 1. The highest BCUT2D eigenvalue weighted by molar-refractivity contribution is 5.93. The standard InChI is InChI=1S/C10H11NO3/c11-9(4-12)6-1-2-8-7(3-6)5-14-10(8)13/h1-3,9,12H,4-5,11H2. The van der Waals surface area contributed by atoms with Crippen LogP contribution in [0.5, 0.6) is 0 Å². The van der Waals surface area contributed by atoms with Crippen molar-refractivity contribution in [2.45, 2.75) is 12.6 Å². The summed E-state index contributed by atoms with van der Waals surface area (Å²) < 4.78 is 4.85. The lowest BCUT2D eigenvalue weighted by molar-refractivity contribution is 0.0535. The van der Waals surface area contributed by atoms with E-state index in [4.69, 9.17) is 15.6 Å². The van der Waals surface area contributed by atoms with E-state index in [1.165, 1.54) is 0 Å². The van der Waals surface area contributed by atoms with Gasteiger partial charge < -0.3 is 15.6 Å². The first-order chi connectivity index (χ1) is 6.72. The molecular weight excluding hydrogens is 182 g/mol. The average molecular weight is 193 g/mol. The van der Waals surface area contributed by atoms with E-state index in [2.05, 4.69) is 0 Å². The molecule has 1 atom stereocenters. The number of rotatable bonds is 2. The van der Waals surface area contributed by atoms with Crippen molar-refractivity contribution in [2.24, 2.45) is 5.73 Å². The van der Waals surface area contributed by atoms with E-state index < -0.39 is 6.04 Å². The second-order valence-electron chi connectivity index (χ2n) is 3.28. The smallest absolute Gasteiger partial charge is 0.338 e. The highest BCUT2D eigenvalue weighted by Gasteiger charge is 2.21. The third kappa shape index (κ3) is 1.38. The second-order valence-corrected chi connectivity index (χ2v) is 3.28. The van der Waals surface area contributed by atoms with E-state index in [0.717, 1.165) is 11.1 Å². The molecule has 74 valence electrons. The van der Waals surface area contributed by atoms with Crippen molar-refractivity contribution < 1.29 is 14.6 Å². The van der Waals surface area contributed by atoms with Crippen molar-refractivity contribution in [3.63, 3.8) is 0 Å². The zero-order chi connectivity index (χ0) is 10.1. The maximum Gasteiger partial charge on any atom is 0.338 e. The molecule has 0 bridgehead atoms. The number of aliphatic hydroxyl groups excluding tert-OH is 1. The molecule has 0 saturated heterocycles. The van der Waals surface area contributed by atoms with Crippen molar-refractivity contribution in [3.05, 3.63) is 34.9 Å². The molecule has 0 saturated carbocycles. The molecule has 1 aliphatic rings. The molecule has 2 rings (SSSR count). The number of cyclic esters (lactones) is 1. The van der Waals surface area contributed by atoms with E-state index in [0.29, 0.717) is 12.2 Å². The van der Waals surface area contributed by atoms with Crippen molar-refractivity contribution in [3.8, 4) is 0 Å². The lowest BCUT2D eigenvalue weighted by Crippen LogP contribution is -2.14. The van der Waals surface area contributed by atoms with E-state index in [9.17, 15) is 4.79 Å². The van der Waals surface area contributed by atoms with Gasteiger partial charge in [-0.3, -0.25) is 0 Å². The Hall–Kier alpha value is -1.39. The number of hydrogen-bond donors (Lipinski definition) is 2. The number of benzene rings is 1. The molecule has 0 spiro atoms. The van der Waals surface area contributed by atoms with Crippen LogP contribution >= 0.6 is 0 Å². The van der Waals surface area contributed by atoms with Gasteiger partial charge in [0.1, 0.15) is 6.61 Å². The van der Waals surface area contributed by atoms with Crippen molar-refractivity contribution in [1.29, 1.82) is 0 Å². The summed E-state index contributed by atoms with van der Waals surface area (Å²) in [7, 11) is 0. The highest BCUT2D eigenvalue weighted by atomic mass is 16.5. The maximum absolute atomic E-state index is 11.1. The fourth-order valence-corrected chi connectivity index (χ4v) is 1.49. The summed E-state index contributed by atoms with van der Waals surface area (Å²) in [6.07, 6.45) is 0. The van der Waals surface area contributed by atoms with Gasteiger partial charge >= 0.3 is 5.97 Å². The Labute approximate surface area is 81.3 Å². The van der Waals surface area contributed by atoms with E-state index in [1.807, 2.05) is 0 Å². The number of fused-ring (bicyclic) bond motifs is 1. The molecule has 4 nitrogen and oxygen atoms in total. The lowest BCUT2D eigenvalue weighted by Gasteiger charge is -2.08. The Kier molecular flexibility index (Phi) is 2.23. The molecule has 0 amide bonds. The first-order valence-corrected chi connectivity index (χ1v) is 4.38.